The van der Waals surface area contributed by atoms with Gasteiger partial charge in [-0.1, -0.05) is 15.9 Å². The van der Waals surface area contributed by atoms with E-state index < -0.39 is 18.5 Å². The Balaban J connectivity index is 2.04. The molecule has 2 aromatic rings. The number of anilines is 1. The summed E-state index contributed by atoms with van der Waals surface area (Å²) >= 11 is 3.31. The van der Waals surface area contributed by atoms with Gasteiger partial charge in [0.1, 0.15) is 11.3 Å². The highest BCUT2D eigenvalue weighted by Crippen LogP contribution is 2.34. The summed E-state index contributed by atoms with van der Waals surface area (Å²) in [6, 6.07) is 9.97. The number of benzene rings is 2. The third kappa shape index (κ3) is 4.89. The molecule has 1 amide bonds. The van der Waals surface area contributed by atoms with Crippen LogP contribution in [0, 0.1) is 0 Å². The summed E-state index contributed by atoms with van der Waals surface area (Å²) in [7, 11) is 4.34. The van der Waals surface area contributed by atoms with Crippen LogP contribution in [0.2, 0.25) is 0 Å². The molecular formula is C18H18BrNO6. The number of nitrogens with one attached hydrogen (secondary N) is 1. The lowest BCUT2D eigenvalue weighted by atomic mass is 10.1. The molecule has 1 N–H and O–H groups in total. The van der Waals surface area contributed by atoms with Crippen LogP contribution in [0.1, 0.15) is 10.4 Å². The van der Waals surface area contributed by atoms with Crippen LogP contribution in [0.5, 0.6) is 17.2 Å². The van der Waals surface area contributed by atoms with Gasteiger partial charge >= 0.3 is 5.97 Å². The second-order valence-electron chi connectivity index (χ2n) is 5.04. The number of esters is 1. The topological polar surface area (TPSA) is 83.1 Å². The fraction of sp³-hybridized carbons (Fsp3) is 0.222. The van der Waals surface area contributed by atoms with Gasteiger partial charge in [0.15, 0.2) is 18.1 Å². The molecule has 26 heavy (non-hydrogen) atoms. The van der Waals surface area contributed by atoms with Crippen molar-refractivity contribution in [3.05, 3.63) is 46.4 Å². The van der Waals surface area contributed by atoms with Crippen LogP contribution in [-0.2, 0) is 9.53 Å². The summed E-state index contributed by atoms with van der Waals surface area (Å²) in [4.78, 5) is 24.2. The van der Waals surface area contributed by atoms with Crippen molar-refractivity contribution in [2.75, 3.05) is 33.3 Å². The lowest BCUT2D eigenvalue weighted by Crippen LogP contribution is -2.21. The van der Waals surface area contributed by atoms with E-state index in [4.69, 9.17) is 18.9 Å². The van der Waals surface area contributed by atoms with Crippen LogP contribution in [0.15, 0.2) is 40.9 Å². The molecule has 138 valence electrons. The zero-order chi connectivity index (χ0) is 19.1. The van der Waals surface area contributed by atoms with Gasteiger partial charge in [-0.2, -0.15) is 0 Å². The molecule has 0 saturated heterocycles. The molecule has 0 aliphatic heterocycles. The molecule has 0 bridgehead atoms. The molecule has 0 radical (unpaired) electrons. The van der Waals surface area contributed by atoms with E-state index in [0.717, 1.165) is 4.47 Å². The first-order chi connectivity index (χ1) is 12.5. The lowest BCUT2D eigenvalue weighted by Gasteiger charge is -2.13. The number of halogens is 1. The summed E-state index contributed by atoms with van der Waals surface area (Å²) in [5, 5.41) is 2.63. The molecule has 0 unspecified atom stereocenters. The van der Waals surface area contributed by atoms with Crippen molar-refractivity contribution in [2.45, 2.75) is 0 Å². The fourth-order valence-electron chi connectivity index (χ4n) is 2.13. The maximum atomic E-state index is 12.3. The van der Waals surface area contributed by atoms with E-state index >= 15 is 0 Å². The number of carbonyl (C=O) groups is 2. The van der Waals surface area contributed by atoms with E-state index in [1.807, 2.05) is 0 Å². The van der Waals surface area contributed by atoms with Crippen LogP contribution in [-0.4, -0.2) is 39.8 Å². The van der Waals surface area contributed by atoms with Gasteiger partial charge in [0.05, 0.1) is 21.3 Å². The molecule has 7 nitrogen and oxygen atoms in total. The van der Waals surface area contributed by atoms with E-state index in [9.17, 15) is 9.59 Å². The van der Waals surface area contributed by atoms with Crippen LogP contribution in [0.3, 0.4) is 0 Å². The molecule has 0 aromatic heterocycles. The first kappa shape index (κ1) is 19.6. The van der Waals surface area contributed by atoms with Crippen molar-refractivity contribution in [3.63, 3.8) is 0 Å². The highest BCUT2D eigenvalue weighted by molar-refractivity contribution is 9.10. The SMILES string of the molecule is COc1cc(OC)c(C(=O)OCC(=O)Nc2ccc(Br)cc2)cc1OC. The van der Waals surface area contributed by atoms with E-state index in [2.05, 4.69) is 21.2 Å². The maximum Gasteiger partial charge on any atom is 0.342 e. The molecule has 0 aliphatic rings. The second kappa shape index (κ2) is 9.10. The molecule has 0 heterocycles. The monoisotopic (exact) mass is 423 g/mol. The van der Waals surface area contributed by atoms with Crippen molar-refractivity contribution < 1.29 is 28.5 Å². The summed E-state index contributed by atoms with van der Waals surface area (Å²) in [6.45, 7) is -0.438. The van der Waals surface area contributed by atoms with Gasteiger partial charge in [0.2, 0.25) is 0 Å². The number of amides is 1. The highest BCUT2D eigenvalue weighted by Gasteiger charge is 2.19. The lowest BCUT2D eigenvalue weighted by molar-refractivity contribution is -0.119. The third-order valence-corrected chi connectivity index (χ3v) is 3.92. The quantitative estimate of drug-likeness (QED) is 0.688. The van der Waals surface area contributed by atoms with Gasteiger partial charge in [-0.25, -0.2) is 4.79 Å². The van der Waals surface area contributed by atoms with Crippen LogP contribution >= 0.6 is 15.9 Å². The Morgan fingerprint density at radius 2 is 1.50 bits per heavy atom. The summed E-state index contributed by atoms with van der Waals surface area (Å²) < 4.78 is 21.5. The van der Waals surface area contributed by atoms with E-state index in [1.165, 1.54) is 33.5 Å². The van der Waals surface area contributed by atoms with E-state index in [1.54, 1.807) is 24.3 Å². The predicted molar refractivity (Wildman–Crippen MR) is 99.2 cm³/mol. The molecule has 0 saturated carbocycles. The largest absolute Gasteiger partial charge is 0.496 e. The van der Waals surface area contributed by atoms with Crippen molar-refractivity contribution >= 4 is 33.5 Å². The minimum atomic E-state index is -0.714. The highest BCUT2D eigenvalue weighted by atomic mass is 79.9. The van der Waals surface area contributed by atoms with Crippen molar-refractivity contribution in [1.82, 2.24) is 0 Å². The fourth-order valence-corrected chi connectivity index (χ4v) is 2.39. The molecule has 0 aliphatic carbocycles. The number of ether oxygens (including phenoxy) is 4. The van der Waals surface area contributed by atoms with Gasteiger partial charge in [0.25, 0.3) is 5.91 Å². The summed E-state index contributed by atoms with van der Waals surface area (Å²) in [5.41, 5.74) is 0.722. The first-order valence-electron chi connectivity index (χ1n) is 7.51. The van der Waals surface area contributed by atoms with Crippen LogP contribution < -0.4 is 19.5 Å². The molecule has 0 atom stereocenters. The Hall–Kier alpha value is -2.74. The smallest absolute Gasteiger partial charge is 0.342 e. The minimum absolute atomic E-state index is 0.126. The number of methoxy groups -OCH3 is 3. The van der Waals surface area contributed by atoms with Crippen LogP contribution in [0.4, 0.5) is 5.69 Å². The maximum absolute atomic E-state index is 12.3. The molecular weight excluding hydrogens is 406 g/mol. The molecule has 0 spiro atoms. The molecule has 0 fully saturated rings. The average Bonchev–Trinajstić information content (AvgIpc) is 2.66. The predicted octanol–water partition coefficient (Wildman–Crippen LogP) is 3.27. The van der Waals surface area contributed by atoms with Gasteiger partial charge in [-0.3, -0.25) is 4.79 Å². The van der Waals surface area contributed by atoms with Gasteiger partial charge in [0, 0.05) is 22.3 Å². The molecule has 2 rings (SSSR count). The Morgan fingerprint density at radius 1 is 0.923 bits per heavy atom. The molecule has 8 heteroatoms. The van der Waals surface area contributed by atoms with Crippen molar-refractivity contribution in [3.8, 4) is 17.2 Å². The average molecular weight is 424 g/mol. The number of carbonyl (C=O) groups excluding carboxylic acids is 2. The Bertz CT molecular complexity index is 791. The standard InChI is InChI=1S/C18H18BrNO6/c1-23-14-9-16(25-3)15(24-2)8-13(14)18(22)26-10-17(21)20-12-6-4-11(19)5-7-12/h4-9H,10H2,1-3H3,(H,20,21). The van der Waals surface area contributed by atoms with Crippen molar-refractivity contribution in [2.24, 2.45) is 0 Å². The van der Waals surface area contributed by atoms with E-state index in [-0.39, 0.29) is 11.3 Å². The zero-order valence-corrected chi connectivity index (χ0v) is 16.1. The third-order valence-electron chi connectivity index (χ3n) is 3.39. The van der Waals surface area contributed by atoms with Crippen molar-refractivity contribution in [1.29, 1.82) is 0 Å². The van der Waals surface area contributed by atoms with E-state index in [0.29, 0.717) is 17.2 Å². The normalized spacial score (nSPS) is 10.0. The zero-order valence-electron chi connectivity index (χ0n) is 14.5. The molecule has 2 aromatic carbocycles. The Kier molecular flexibility index (Phi) is 6.85. The van der Waals surface area contributed by atoms with Gasteiger partial charge in [-0.15, -0.1) is 0 Å². The Morgan fingerprint density at radius 3 is 2.08 bits per heavy atom. The summed E-state index contributed by atoms with van der Waals surface area (Å²) in [6.07, 6.45) is 0. The minimum Gasteiger partial charge on any atom is -0.496 e. The second-order valence-corrected chi connectivity index (χ2v) is 5.95. The van der Waals surface area contributed by atoms with Crippen LogP contribution in [0.25, 0.3) is 0 Å². The Labute approximate surface area is 159 Å². The number of hydrogen-bond acceptors (Lipinski definition) is 6. The first-order valence-corrected chi connectivity index (χ1v) is 8.30. The number of rotatable bonds is 7. The van der Waals surface area contributed by atoms with Gasteiger partial charge in [-0.05, 0) is 24.3 Å². The van der Waals surface area contributed by atoms with Gasteiger partial charge < -0.3 is 24.3 Å². The summed E-state index contributed by atoms with van der Waals surface area (Å²) in [5.74, 6) is -0.164. The number of hydrogen-bond donors (Lipinski definition) is 1.